The van der Waals surface area contributed by atoms with Gasteiger partial charge in [0.25, 0.3) is 5.92 Å². The van der Waals surface area contributed by atoms with Gasteiger partial charge in [-0.05, 0) is 37.4 Å². The van der Waals surface area contributed by atoms with Crippen molar-refractivity contribution < 1.29 is 8.78 Å². The summed E-state index contributed by atoms with van der Waals surface area (Å²) in [6.07, 6.45) is 1.01. The number of hydrogen-bond donors (Lipinski definition) is 0. The van der Waals surface area contributed by atoms with E-state index in [-0.39, 0.29) is 6.54 Å². The van der Waals surface area contributed by atoms with Crippen molar-refractivity contribution in [3.63, 3.8) is 0 Å². The summed E-state index contributed by atoms with van der Waals surface area (Å²) < 4.78 is 29.1. The first-order valence-corrected chi connectivity index (χ1v) is 8.22. The molecular weight excluding hydrogens is 292 g/mol. The van der Waals surface area contributed by atoms with Crippen LogP contribution < -0.4 is 0 Å². The average Bonchev–Trinajstić information content (AvgIpc) is 2.52. The van der Waals surface area contributed by atoms with Gasteiger partial charge in [0.2, 0.25) is 0 Å². The Morgan fingerprint density at radius 1 is 1.00 bits per heavy atom. The quantitative estimate of drug-likeness (QED) is 0.791. The van der Waals surface area contributed by atoms with Gasteiger partial charge in [-0.25, -0.2) is 8.78 Å². The second-order valence-corrected chi connectivity index (χ2v) is 6.63. The highest BCUT2D eigenvalue weighted by Crippen LogP contribution is 2.35. The maximum absolute atomic E-state index is 14.5. The molecule has 1 unspecified atom stereocenters. The second kappa shape index (κ2) is 6.79. The summed E-state index contributed by atoms with van der Waals surface area (Å²) in [5.74, 6) is -3.19. The lowest BCUT2D eigenvalue weighted by atomic mass is 9.86. The van der Waals surface area contributed by atoms with Crippen LogP contribution in [0.15, 0.2) is 54.6 Å². The SMILES string of the molecule is Cc1ccc(CC2CCN(Cc3ccccc3)CC2(F)F)cc1. The van der Waals surface area contributed by atoms with E-state index in [0.717, 1.165) is 23.2 Å². The van der Waals surface area contributed by atoms with Crippen LogP contribution in [0, 0.1) is 12.8 Å². The van der Waals surface area contributed by atoms with Crippen molar-refractivity contribution >= 4 is 0 Å². The number of benzene rings is 2. The van der Waals surface area contributed by atoms with Crippen LogP contribution in [0.1, 0.15) is 23.1 Å². The van der Waals surface area contributed by atoms with E-state index >= 15 is 0 Å². The van der Waals surface area contributed by atoms with Crippen molar-refractivity contribution in [3.05, 3.63) is 71.3 Å². The third kappa shape index (κ3) is 4.17. The first-order valence-electron chi connectivity index (χ1n) is 8.22. The molecule has 0 radical (unpaired) electrons. The Bertz CT molecular complexity index is 622. The normalized spacial score (nSPS) is 21.3. The zero-order valence-corrected chi connectivity index (χ0v) is 13.5. The molecule has 0 aliphatic carbocycles. The highest BCUT2D eigenvalue weighted by molar-refractivity contribution is 5.22. The molecular formula is C20H23F2N. The third-order valence-corrected chi connectivity index (χ3v) is 4.68. The molecule has 0 spiro atoms. The molecule has 0 N–H and O–H groups in total. The van der Waals surface area contributed by atoms with Crippen molar-refractivity contribution in [2.24, 2.45) is 5.92 Å². The summed E-state index contributed by atoms with van der Waals surface area (Å²) in [6.45, 7) is 3.22. The van der Waals surface area contributed by atoms with E-state index in [9.17, 15) is 8.78 Å². The molecule has 2 aromatic rings. The monoisotopic (exact) mass is 315 g/mol. The number of alkyl halides is 2. The molecule has 2 aromatic carbocycles. The number of halogens is 2. The minimum absolute atomic E-state index is 0.140. The van der Waals surface area contributed by atoms with E-state index in [2.05, 4.69) is 0 Å². The van der Waals surface area contributed by atoms with Crippen LogP contribution in [0.3, 0.4) is 0 Å². The van der Waals surface area contributed by atoms with Gasteiger partial charge in [-0.3, -0.25) is 4.90 Å². The molecule has 1 aliphatic rings. The molecule has 1 nitrogen and oxygen atoms in total. The molecule has 23 heavy (non-hydrogen) atoms. The molecule has 0 saturated carbocycles. The Morgan fingerprint density at radius 3 is 2.35 bits per heavy atom. The predicted molar refractivity (Wildman–Crippen MR) is 89.7 cm³/mol. The summed E-state index contributed by atoms with van der Waals surface area (Å²) >= 11 is 0. The Hall–Kier alpha value is -1.74. The van der Waals surface area contributed by atoms with Gasteiger partial charge >= 0.3 is 0 Å². The molecule has 1 heterocycles. The van der Waals surface area contributed by atoms with Crippen molar-refractivity contribution in [3.8, 4) is 0 Å². The summed E-state index contributed by atoms with van der Waals surface area (Å²) in [6, 6.07) is 17.8. The second-order valence-electron chi connectivity index (χ2n) is 6.63. The zero-order chi connectivity index (χ0) is 16.3. The molecule has 1 aliphatic heterocycles. The Morgan fingerprint density at radius 2 is 1.70 bits per heavy atom. The summed E-state index contributed by atoms with van der Waals surface area (Å²) in [5, 5.41) is 0. The van der Waals surface area contributed by atoms with Crippen molar-refractivity contribution in [2.45, 2.75) is 32.2 Å². The van der Waals surface area contributed by atoms with Gasteiger partial charge in [-0.15, -0.1) is 0 Å². The standard InChI is InChI=1S/C20H23F2N/c1-16-7-9-17(10-8-16)13-19-11-12-23(15-20(19,21)22)14-18-5-3-2-4-6-18/h2-10,19H,11-15H2,1H3. The number of hydrogen-bond acceptors (Lipinski definition) is 1. The van der Waals surface area contributed by atoms with Crippen molar-refractivity contribution in [2.75, 3.05) is 13.1 Å². The Balaban J connectivity index is 1.62. The lowest BCUT2D eigenvalue weighted by Gasteiger charge is -2.38. The maximum atomic E-state index is 14.5. The highest BCUT2D eigenvalue weighted by Gasteiger charge is 2.44. The van der Waals surface area contributed by atoms with Gasteiger partial charge in [-0.2, -0.15) is 0 Å². The number of aryl methyl sites for hydroxylation is 1. The van der Waals surface area contributed by atoms with E-state index in [0.29, 0.717) is 19.4 Å². The zero-order valence-electron chi connectivity index (χ0n) is 13.5. The minimum atomic E-state index is -2.63. The fourth-order valence-electron chi connectivity index (χ4n) is 3.29. The molecule has 0 amide bonds. The number of likely N-dealkylation sites (tertiary alicyclic amines) is 1. The molecule has 3 rings (SSSR count). The highest BCUT2D eigenvalue weighted by atomic mass is 19.3. The summed E-state index contributed by atoms with van der Waals surface area (Å²) in [5.41, 5.74) is 3.27. The van der Waals surface area contributed by atoms with E-state index in [1.165, 1.54) is 0 Å². The van der Waals surface area contributed by atoms with Gasteiger partial charge in [0, 0.05) is 12.5 Å². The van der Waals surface area contributed by atoms with E-state index in [4.69, 9.17) is 0 Å². The van der Waals surface area contributed by atoms with Crippen LogP contribution >= 0.6 is 0 Å². The molecule has 0 bridgehead atoms. The largest absolute Gasteiger partial charge is 0.293 e. The summed E-state index contributed by atoms with van der Waals surface area (Å²) in [4.78, 5) is 1.88. The van der Waals surface area contributed by atoms with E-state index in [1.54, 1.807) is 0 Å². The molecule has 1 fully saturated rings. The first-order chi connectivity index (χ1) is 11.0. The molecule has 1 saturated heterocycles. The summed E-state index contributed by atoms with van der Waals surface area (Å²) in [7, 11) is 0. The first kappa shape index (κ1) is 16.1. The lowest BCUT2D eigenvalue weighted by molar-refractivity contribution is -0.112. The third-order valence-electron chi connectivity index (χ3n) is 4.68. The van der Waals surface area contributed by atoms with Gasteiger partial charge in [0.1, 0.15) is 0 Å². The molecule has 3 heteroatoms. The number of piperidine rings is 1. The average molecular weight is 315 g/mol. The van der Waals surface area contributed by atoms with Gasteiger partial charge in [0.15, 0.2) is 0 Å². The van der Waals surface area contributed by atoms with Gasteiger partial charge < -0.3 is 0 Å². The van der Waals surface area contributed by atoms with E-state index < -0.39 is 11.8 Å². The van der Waals surface area contributed by atoms with Gasteiger partial charge in [0.05, 0.1) is 6.54 Å². The number of nitrogens with zero attached hydrogens (tertiary/aromatic N) is 1. The van der Waals surface area contributed by atoms with E-state index in [1.807, 2.05) is 66.4 Å². The van der Waals surface area contributed by atoms with Crippen LogP contribution in [-0.2, 0) is 13.0 Å². The van der Waals surface area contributed by atoms with Crippen LogP contribution in [-0.4, -0.2) is 23.9 Å². The maximum Gasteiger partial charge on any atom is 0.263 e. The van der Waals surface area contributed by atoms with Crippen molar-refractivity contribution in [1.29, 1.82) is 0 Å². The van der Waals surface area contributed by atoms with Crippen LogP contribution in [0.2, 0.25) is 0 Å². The van der Waals surface area contributed by atoms with Crippen LogP contribution in [0.25, 0.3) is 0 Å². The molecule has 0 aromatic heterocycles. The minimum Gasteiger partial charge on any atom is -0.293 e. The molecule has 1 atom stereocenters. The number of rotatable bonds is 4. The lowest BCUT2D eigenvalue weighted by Crippen LogP contribution is -2.48. The predicted octanol–water partition coefficient (Wildman–Crippen LogP) is 4.69. The Labute approximate surface area is 136 Å². The molecule has 122 valence electrons. The fraction of sp³-hybridized carbons (Fsp3) is 0.400. The smallest absolute Gasteiger partial charge is 0.263 e. The van der Waals surface area contributed by atoms with Crippen LogP contribution in [0.5, 0.6) is 0 Å². The fourth-order valence-corrected chi connectivity index (χ4v) is 3.29. The van der Waals surface area contributed by atoms with Crippen molar-refractivity contribution in [1.82, 2.24) is 4.90 Å². The topological polar surface area (TPSA) is 3.24 Å². The Kier molecular flexibility index (Phi) is 4.76. The van der Waals surface area contributed by atoms with Crippen LogP contribution in [0.4, 0.5) is 8.78 Å². The van der Waals surface area contributed by atoms with Gasteiger partial charge in [-0.1, -0.05) is 60.2 Å².